The van der Waals surface area contributed by atoms with Crippen LogP contribution >= 0.6 is 0 Å². The minimum atomic E-state index is 0.599. The van der Waals surface area contributed by atoms with Crippen LogP contribution in [0.15, 0.2) is 36.9 Å². The largest absolute Gasteiger partial charge is 0.489 e. The van der Waals surface area contributed by atoms with Gasteiger partial charge in [0.15, 0.2) is 0 Å². The number of ether oxygens (including phenoxy) is 1. The second-order valence-electron chi connectivity index (χ2n) is 3.01. The van der Waals surface area contributed by atoms with E-state index in [1.54, 1.807) is 12.3 Å². The van der Waals surface area contributed by atoms with E-state index in [0.29, 0.717) is 6.61 Å². The highest BCUT2D eigenvalue weighted by Crippen LogP contribution is 2.28. The van der Waals surface area contributed by atoms with E-state index in [2.05, 4.69) is 11.6 Å². The fraction of sp³-hybridized carbons (Fsp3) is 0.308. The first kappa shape index (κ1) is 11.5. The predicted octanol–water partition coefficient (Wildman–Crippen LogP) is 3.56. The van der Waals surface area contributed by atoms with Crippen molar-refractivity contribution < 1.29 is 4.74 Å². The molecule has 0 spiro atoms. The fourth-order valence-electron chi connectivity index (χ4n) is 1.52. The molecule has 0 saturated heterocycles. The third kappa shape index (κ3) is 2.27. The number of rotatable bonds is 1. The highest BCUT2D eigenvalue weighted by Gasteiger charge is 2.14. The molecule has 0 aliphatic carbocycles. The van der Waals surface area contributed by atoms with Gasteiger partial charge in [-0.1, -0.05) is 20.4 Å². The molecule has 0 N–H and O–H groups in total. The Hall–Kier alpha value is -1.57. The fourth-order valence-corrected chi connectivity index (χ4v) is 1.52. The van der Waals surface area contributed by atoms with Crippen LogP contribution in [-0.2, 0) is 11.3 Å². The second-order valence-corrected chi connectivity index (χ2v) is 3.01. The molecule has 0 aromatic carbocycles. The molecule has 2 rings (SSSR count). The molecule has 15 heavy (non-hydrogen) atoms. The van der Waals surface area contributed by atoms with Crippen molar-refractivity contribution in [2.45, 2.75) is 27.4 Å². The molecular formula is C13H17NO. The lowest BCUT2D eigenvalue weighted by Crippen LogP contribution is -2.05. The molecule has 2 heterocycles. The number of fused-ring (bicyclic) bond motifs is 1. The average Bonchev–Trinajstić information content (AvgIpc) is 2.33. The van der Waals surface area contributed by atoms with Gasteiger partial charge < -0.3 is 4.74 Å². The number of pyridine rings is 1. The van der Waals surface area contributed by atoms with E-state index in [-0.39, 0.29) is 0 Å². The number of aromatic nitrogens is 1. The summed E-state index contributed by atoms with van der Waals surface area (Å²) < 4.78 is 5.49. The smallest absolute Gasteiger partial charge is 0.122 e. The average molecular weight is 203 g/mol. The summed E-state index contributed by atoms with van der Waals surface area (Å²) in [5.41, 5.74) is 3.50. The first-order valence-corrected chi connectivity index (χ1v) is 5.22. The minimum Gasteiger partial charge on any atom is -0.489 e. The van der Waals surface area contributed by atoms with Crippen molar-refractivity contribution in [3.8, 4) is 0 Å². The Bertz CT molecular complexity index is 380. The van der Waals surface area contributed by atoms with Gasteiger partial charge in [0.1, 0.15) is 12.4 Å². The van der Waals surface area contributed by atoms with Crippen molar-refractivity contribution in [3.63, 3.8) is 0 Å². The van der Waals surface area contributed by atoms with Crippen molar-refractivity contribution in [3.05, 3.63) is 48.0 Å². The lowest BCUT2D eigenvalue weighted by atomic mass is 10.0. The van der Waals surface area contributed by atoms with Gasteiger partial charge >= 0.3 is 0 Å². The first-order valence-electron chi connectivity index (χ1n) is 5.22. The summed E-state index contributed by atoms with van der Waals surface area (Å²) in [6.07, 6.45) is 5.39. The highest BCUT2D eigenvalue weighted by atomic mass is 16.5. The second kappa shape index (κ2) is 5.35. The van der Waals surface area contributed by atoms with E-state index >= 15 is 0 Å². The van der Waals surface area contributed by atoms with Crippen LogP contribution in [0.4, 0.5) is 0 Å². The van der Waals surface area contributed by atoms with Crippen LogP contribution < -0.4 is 0 Å². The Morgan fingerprint density at radius 1 is 1.47 bits per heavy atom. The van der Waals surface area contributed by atoms with Gasteiger partial charge in [-0.2, -0.15) is 0 Å². The summed E-state index contributed by atoms with van der Waals surface area (Å²) in [6, 6.07) is 2.01. The van der Waals surface area contributed by atoms with E-state index in [1.807, 2.05) is 33.0 Å². The van der Waals surface area contributed by atoms with Gasteiger partial charge in [-0.15, -0.1) is 0 Å². The third-order valence-electron chi connectivity index (χ3n) is 2.25. The lowest BCUT2D eigenvalue weighted by Gasteiger charge is -2.19. The predicted molar refractivity (Wildman–Crippen MR) is 63.2 cm³/mol. The van der Waals surface area contributed by atoms with Gasteiger partial charge in [0.2, 0.25) is 0 Å². The molecule has 2 heteroatoms. The van der Waals surface area contributed by atoms with E-state index in [9.17, 15) is 0 Å². The zero-order valence-corrected chi connectivity index (χ0v) is 9.58. The Kier molecular flexibility index (Phi) is 4.10. The van der Waals surface area contributed by atoms with E-state index < -0.39 is 0 Å². The molecule has 1 aromatic rings. The van der Waals surface area contributed by atoms with Crippen molar-refractivity contribution in [2.24, 2.45) is 0 Å². The van der Waals surface area contributed by atoms with Gasteiger partial charge in [-0.25, -0.2) is 0 Å². The van der Waals surface area contributed by atoms with Gasteiger partial charge in [0.05, 0.1) is 0 Å². The number of hydrogen-bond acceptors (Lipinski definition) is 2. The molecule has 0 unspecified atom stereocenters. The van der Waals surface area contributed by atoms with Crippen LogP contribution in [0.5, 0.6) is 0 Å². The molecule has 0 radical (unpaired) electrons. The molecule has 2 nitrogen and oxygen atoms in total. The molecule has 0 fully saturated rings. The zero-order valence-electron chi connectivity index (χ0n) is 9.58. The summed E-state index contributed by atoms with van der Waals surface area (Å²) in [5, 5.41) is 0. The van der Waals surface area contributed by atoms with Crippen LogP contribution in [-0.4, -0.2) is 4.98 Å². The number of nitrogens with zero attached hydrogens (tertiary/aromatic N) is 1. The minimum absolute atomic E-state index is 0.599. The summed E-state index contributed by atoms with van der Waals surface area (Å²) in [7, 11) is 0. The maximum atomic E-state index is 5.49. The Morgan fingerprint density at radius 3 is 2.87 bits per heavy atom. The maximum absolute atomic E-state index is 5.49. The lowest BCUT2D eigenvalue weighted by molar-refractivity contribution is 0.207. The summed E-state index contributed by atoms with van der Waals surface area (Å²) >= 11 is 0. The molecule has 80 valence electrons. The third-order valence-corrected chi connectivity index (χ3v) is 2.25. The zero-order chi connectivity index (χ0) is 11.3. The van der Waals surface area contributed by atoms with Gasteiger partial charge in [0.25, 0.3) is 0 Å². The van der Waals surface area contributed by atoms with Crippen molar-refractivity contribution in [1.82, 2.24) is 4.98 Å². The summed E-state index contributed by atoms with van der Waals surface area (Å²) in [4.78, 5) is 4.05. The van der Waals surface area contributed by atoms with Crippen molar-refractivity contribution >= 4 is 5.57 Å². The molecular weight excluding hydrogens is 186 g/mol. The first-order chi connectivity index (χ1) is 7.33. The molecule has 0 saturated carbocycles. The molecule has 1 aliphatic rings. The van der Waals surface area contributed by atoms with Crippen molar-refractivity contribution in [1.29, 1.82) is 0 Å². The molecule has 0 atom stereocenters. The monoisotopic (exact) mass is 203 g/mol. The normalized spacial score (nSPS) is 13.3. The number of hydrogen-bond donors (Lipinski definition) is 0. The van der Waals surface area contributed by atoms with Crippen LogP contribution in [0.25, 0.3) is 5.57 Å². The van der Waals surface area contributed by atoms with Gasteiger partial charge in [-0.05, 0) is 30.2 Å². The number of allylic oxidation sites excluding steroid dienone is 2. The van der Waals surface area contributed by atoms with Crippen LogP contribution in [0, 0.1) is 0 Å². The SMILES string of the molecule is C=CC1=C(C)c2ccncc2CO1.CC. The Labute approximate surface area is 91.3 Å². The standard InChI is InChI=1S/C11H11NO.C2H6/c1-3-11-8(2)10-4-5-12-6-9(10)7-13-11;1-2/h3-6H,1,7H2,2H3;1-2H3. The summed E-state index contributed by atoms with van der Waals surface area (Å²) in [6.45, 7) is 10.3. The molecule has 1 aromatic heterocycles. The van der Waals surface area contributed by atoms with Gasteiger partial charge in [0, 0.05) is 18.0 Å². The van der Waals surface area contributed by atoms with E-state index in [4.69, 9.17) is 4.74 Å². The van der Waals surface area contributed by atoms with E-state index in [0.717, 1.165) is 16.9 Å². The summed E-state index contributed by atoms with van der Waals surface area (Å²) in [5.74, 6) is 0.874. The molecule has 0 amide bonds. The van der Waals surface area contributed by atoms with Crippen LogP contribution in [0.1, 0.15) is 31.9 Å². The van der Waals surface area contributed by atoms with Crippen molar-refractivity contribution in [2.75, 3.05) is 0 Å². The molecule has 1 aliphatic heterocycles. The van der Waals surface area contributed by atoms with Crippen LogP contribution in [0.3, 0.4) is 0 Å². The Morgan fingerprint density at radius 2 is 2.20 bits per heavy atom. The highest BCUT2D eigenvalue weighted by molar-refractivity contribution is 5.70. The van der Waals surface area contributed by atoms with Crippen LogP contribution in [0.2, 0.25) is 0 Å². The Balaban J connectivity index is 0.000000531. The topological polar surface area (TPSA) is 22.1 Å². The molecule has 0 bridgehead atoms. The van der Waals surface area contributed by atoms with Gasteiger partial charge in [-0.3, -0.25) is 4.98 Å². The maximum Gasteiger partial charge on any atom is 0.122 e. The quantitative estimate of drug-likeness (QED) is 0.696. The van der Waals surface area contributed by atoms with E-state index in [1.165, 1.54) is 5.56 Å².